The topological polar surface area (TPSA) is 58.2 Å². The highest BCUT2D eigenvalue weighted by molar-refractivity contribution is 6.30. The molecular formula is C30H34Cl2N2O2. The lowest BCUT2D eigenvalue weighted by Crippen LogP contribution is -2.48. The van der Waals surface area contributed by atoms with Gasteiger partial charge < -0.3 is 10.6 Å². The number of carbonyl (C=O) groups excluding carboxylic acids is 2. The Morgan fingerprint density at radius 1 is 0.806 bits per heavy atom. The van der Waals surface area contributed by atoms with E-state index in [2.05, 4.69) is 10.6 Å². The first-order valence-electron chi connectivity index (χ1n) is 12.4. The lowest BCUT2D eigenvalue weighted by molar-refractivity contribution is -0.127. The summed E-state index contributed by atoms with van der Waals surface area (Å²) in [6, 6.07) is 24.9. The summed E-state index contributed by atoms with van der Waals surface area (Å²) in [4.78, 5) is 25.3. The molecule has 4 nitrogen and oxygen atoms in total. The third kappa shape index (κ3) is 8.77. The maximum absolute atomic E-state index is 12.7. The van der Waals surface area contributed by atoms with E-state index in [-0.39, 0.29) is 29.7 Å². The molecule has 3 aromatic carbocycles. The summed E-state index contributed by atoms with van der Waals surface area (Å²) >= 11 is 11.5. The molecule has 0 saturated heterocycles. The third-order valence-electron chi connectivity index (χ3n) is 6.56. The van der Waals surface area contributed by atoms with Crippen molar-refractivity contribution >= 4 is 34.9 Å². The number of benzene rings is 3. The van der Waals surface area contributed by atoms with Crippen molar-refractivity contribution in [3.8, 4) is 0 Å². The van der Waals surface area contributed by atoms with Crippen LogP contribution in [0, 0.1) is 18.8 Å². The number of ketones is 1. The molecule has 1 fully saturated rings. The average Bonchev–Trinajstić information content (AvgIpc) is 2.91. The van der Waals surface area contributed by atoms with Crippen molar-refractivity contribution in [3.63, 3.8) is 0 Å². The fourth-order valence-electron chi connectivity index (χ4n) is 4.36. The van der Waals surface area contributed by atoms with Gasteiger partial charge in [0.15, 0.2) is 5.78 Å². The molecule has 1 saturated carbocycles. The molecule has 0 heterocycles. The first kappa shape index (κ1) is 27.9. The zero-order chi connectivity index (χ0) is 25.9. The maximum Gasteiger partial charge on any atom is 0.224 e. The molecule has 0 bridgehead atoms. The van der Waals surface area contributed by atoms with Crippen LogP contribution in [0.1, 0.15) is 47.2 Å². The summed E-state index contributed by atoms with van der Waals surface area (Å²) in [6.07, 6.45) is 3.62. The molecule has 190 valence electrons. The summed E-state index contributed by atoms with van der Waals surface area (Å²) in [6.45, 7) is 2.04. The summed E-state index contributed by atoms with van der Waals surface area (Å²) in [7, 11) is 1.84. The highest BCUT2D eigenvalue weighted by Crippen LogP contribution is 2.31. The average molecular weight is 526 g/mol. The Bertz CT molecular complexity index is 1070. The predicted octanol–water partition coefficient (Wildman–Crippen LogP) is 6.88. The predicted molar refractivity (Wildman–Crippen MR) is 149 cm³/mol. The standard InChI is InChI=1S/C23H27ClN2O2.C7H7Cl/c1-25-21(15-16-7-13-20(24)14-8-16)26-23(28)19-11-9-18(10-12-19)22(27)17-5-3-2-4-6-17;1-6-2-4-7(8)5-3-6/h2-8,13-14,18-19,21,25H,9-12,15H2,1H3,(H,26,28);2-5H,1H3. The molecular weight excluding hydrogens is 491 g/mol. The molecule has 1 amide bonds. The number of halogens is 2. The lowest BCUT2D eigenvalue weighted by atomic mass is 9.78. The van der Waals surface area contributed by atoms with E-state index in [0.717, 1.165) is 41.8 Å². The van der Waals surface area contributed by atoms with Crippen molar-refractivity contribution < 1.29 is 9.59 Å². The Balaban J connectivity index is 0.000000383. The number of hydrogen-bond donors (Lipinski definition) is 2. The van der Waals surface area contributed by atoms with Crippen molar-refractivity contribution in [3.05, 3.63) is 106 Å². The second-order valence-corrected chi connectivity index (χ2v) is 10.1. The van der Waals surface area contributed by atoms with Crippen LogP contribution in [0.4, 0.5) is 0 Å². The van der Waals surface area contributed by atoms with Crippen molar-refractivity contribution in [2.75, 3.05) is 7.05 Å². The minimum absolute atomic E-state index is 0.0270. The van der Waals surface area contributed by atoms with E-state index in [9.17, 15) is 9.59 Å². The molecule has 0 aliphatic heterocycles. The second-order valence-electron chi connectivity index (χ2n) is 9.25. The Morgan fingerprint density at radius 3 is 1.86 bits per heavy atom. The number of Topliss-reactive ketones (excluding diaryl/α,β-unsaturated/α-hetero) is 1. The van der Waals surface area contributed by atoms with Crippen LogP contribution in [0.5, 0.6) is 0 Å². The smallest absolute Gasteiger partial charge is 0.224 e. The quantitative estimate of drug-likeness (QED) is 0.261. The Hall–Kier alpha value is -2.66. The zero-order valence-corrected chi connectivity index (χ0v) is 22.4. The van der Waals surface area contributed by atoms with Gasteiger partial charge in [0.25, 0.3) is 0 Å². The molecule has 6 heteroatoms. The summed E-state index contributed by atoms with van der Waals surface area (Å²) < 4.78 is 0. The van der Waals surface area contributed by atoms with Crippen LogP contribution in [-0.4, -0.2) is 24.9 Å². The van der Waals surface area contributed by atoms with E-state index in [1.807, 2.05) is 92.8 Å². The molecule has 1 atom stereocenters. The highest BCUT2D eigenvalue weighted by atomic mass is 35.5. The molecule has 2 N–H and O–H groups in total. The Morgan fingerprint density at radius 2 is 1.33 bits per heavy atom. The molecule has 4 rings (SSSR count). The van der Waals surface area contributed by atoms with Crippen molar-refractivity contribution in [1.82, 2.24) is 10.6 Å². The van der Waals surface area contributed by atoms with E-state index in [4.69, 9.17) is 23.2 Å². The molecule has 0 radical (unpaired) electrons. The fourth-order valence-corrected chi connectivity index (χ4v) is 4.61. The monoisotopic (exact) mass is 524 g/mol. The van der Waals surface area contributed by atoms with Gasteiger partial charge >= 0.3 is 0 Å². The molecule has 1 unspecified atom stereocenters. The van der Waals surface area contributed by atoms with E-state index in [1.165, 1.54) is 5.56 Å². The maximum atomic E-state index is 12.7. The number of rotatable bonds is 7. The van der Waals surface area contributed by atoms with Crippen LogP contribution >= 0.6 is 23.2 Å². The molecule has 0 spiro atoms. The van der Waals surface area contributed by atoms with Gasteiger partial charge in [-0.2, -0.15) is 0 Å². The van der Waals surface area contributed by atoms with Gasteiger partial charge in [-0.25, -0.2) is 0 Å². The van der Waals surface area contributed by atoms with Gasteiger partial charge in [0.1, 0.15) is 0 Å². The van der Waals surface area contributed by atoms with Gasteiger partial charge in [-0.15, -0.1) is 0 Å². The minimum atomic E-state index is -0.127. The largest absolute Gasteiger partial charge is 0.340 e. The first-order chi connectivity index (χ1) is 17.4. The minimum Gasteiger partial charge on any atom is -0.340 e. The number of nitrogens with one attached hydrogen (secondary N) is 2. The zero-order valence-electron chi connectivity index (χ0n) is 20.8. The first-order valence-corrected chi connectivity index (χ1v) is 13.1. The van der Waals surface area contributed by atoms with Crippen LogP contribution < -0.4 is 10.6 Å². The summed E-state index contributed by atoms with van der Waals surface area (Å²) in [5, 5.41) is 7.78. The van der Waals surface area contributed by atoms with Crippen LogP contribution in [0.3, 0.4) is 0 Å². The van der Waals surface area contributed by atoms with Gasteiger partial charge in [-0.05, 0) is 69.5 Å². The third-order valence-corrected chi connectivity index (χ3v) is 7.06. The number of carbonyl (C=O) groups is 2. The summed E-state index contributed by atoms with van der Waals surface area (Å²) in [5.41, 5.74) is 3.13. The second kappa shape index (κ2) is 14.2. The SMILES string of the molecule is CNC(Cc1ccc(Cl)cc1)NC(=O)C1CCC(C(=O)c2ccccc2)CC1.Cc1ccc(Cl)cc1. The van der Waals surface area contributed by atoms with Crippen LogP contribution in [0.25, 0.3) is 0 Å². The van der Waals surface area contributed by atoms with Crippen LogP contribution in [0.15, 0.2) is 78.9 Å². The van der Waals surface area contributed by atoms with Gasteiger partial charge in [0, 0.05) is 33.9 Å². The van der Waals surface area contributed by atoms with Gasteiger partial charge in [-0.1, -0.05) is 83.4 Å². The normalized spacial score (nSPS) is 17.9. The van der Waals surface area contributed by atoms with Crippen LogP contribution in [-0.2, 0) is 11.2 Å². The van der Waals surface area contributed by atoms with Crippen molar-refractivity contribution in [1.29, 1.82) is 0 Å². The summed E-state index contributed by atoms with van der Waals surface area (Å²) in [5.74, 6) is 0.274. The molecule has 36 heavy (non-hydrogen) atoms. The lowest BCUT2D eigenvalue weighted by Gasteiger charge is -2.28. The van der Waals surface area contributed by atoms with Gasteiger partial charge in [-0.3, -0.25) is 9.59 Å². The molecule has 3 aromatic rings. The van der Waals surface area contributed by atoms with Crippen LogP contribution in [0.2, 0.25) is 10.0 Å². The number of likely N-dealkylation sites (N-methyl/N-ethyl adjacent to an activating group) is 1. The fraction of sp³-hybridized carbons (Fsp3) is 0.333. The molecule has 1 aliphatic rings. The van der Waals surface area contributed by atoms with E-state index in [1.54, 1.807) is 0 Å². The van der Waals surface area contributed by atoms with Gasteiger partial charge in [0.05, 0.1) is 6.17 Å². The highest BCUT2D eigenvalue weighted by Gasteiger charge is 2.31. The number of amides is 1. The van der Waals surface area contributed by atoms with E-state index < -0.39 is 0 Å². The number of hydrogen-bond acceptors (Lipinski definition) is 3. The van der Waals surface area contributed by atoms with Gasteiger partial charge in [0.2, 0.25) is 5.91 Å². The molecule has 0 aromatic heterocycles. The number of aryl methyl sites for hydroxylation is 1. The van der Waals surface area contributed by atoms with Crippen molar-refractivity contribution in [2.45, 2.75) is 45.2 Å². The van der Waals surface area contributed by atoms with Crippen molar-refractivity contribution in [2.24, 2.45) is 11.8 Å². The van der Waals surface area contributed by atoms with E-state index >= 15 is 0 Å². The molecule has 1 aliphatic carbocycles. The Kier molecular flexibility index (Phi) is 11.0. The Labute approximate surface area is 224 Å². The van der Waals surface area contributed by atoms with E-state index in [0.29, 0.717) is 11.4 Å².